The quantitative estimate of drug-likeness (QED) is 0.823. The van der Waals surface area contributed by atoms with Crippen molar-refractivity contribution >= 4 is 28.9 Å². The molecule has 0 atom stereocenters. The molecular weight excluding hydrogens is 208 g/mol. The van der Waals surface area contributed by atoms with Crippen LogP contribution in [0.1, 0.15) is 41.1 Å². The first kappa shape index (κ1) is 9.03. The minimum Gasteiger partial charge on any atom is -0.478 e. The maximum Gasteiger partial charge on any atom is 0.338 e. The van der Waals surface area contributed by atoms with Crippen LogP contribution in [0, 0.1) is 0 Å². The van der Waals surface area contributed by atoms with Crippen molar-refractivity contribution in [2.24, 2.45) is 0 Å². The lowest BCUT2D eigenvalue weighted by Gasteiger charge is -2.25. The maximum atomic E-state index is 10.9. The van der Waals surface area contributed by atoms with E-state index in [1.54, 1.807) is 0 Å². The summed E-state index contributed by atoms with van der Waals surface area (Å²) in [5, 5.41) is 10.8. The van der Waals surface area contributed by atoms with Crippen molar-refractivity contribution in [2.75, 3.05) is 0 Å². The highest BCUT2D eigenvalue weighted by atomic mass is 35.5. The minimum atomic E-state index is -0.895. The summed E-state index contributed by atoms with van der Waals surface area (Å²) >= 11 is 7.12. The van der Waals surface area contributed by atoms with Crippen molar-refractivity contribution in [1.29, 1.82) is 0 Å². The predicted molar refractivity (Wildman–Crippen MR) is 52.9 cm³/mol. The van der Waals surface area contributed by atoms with E-state index in [0.717, 1.165) is 18.4 Å². The number of carboxylic acids is 1. The third-order valence-electron chi connectivity index (χ3n) is 2.53. The largest absolute Gasteiger partial charge is 0.478 e. The van der Waals surface area contributed by atoms with Crippen molar-refractivity contribution in [2.45, 2.75) is 25.2 Å². The zero-order chi connectivity index (χ0) is 9.42. The molecule has 1 N–H and O–H groups in total. The Morgan fingerprint density at radius 1 is 1.62 bits per heavy atom. The number of carboxylic acid groups (broad SMARTS) is 1. The average Bonchev–Trinajstić information content (AvgIpc) is 2.28. The monoisotopic (exact) mass is 216 g/mol. The van der Waals surface area contributed by atoms with Crippen molar-refractivity contribution in [3.05, 3.63) is 20.8 Å². The second-order valence-corrected chi connectivity index (χ2v) is 4.75. The lowest BCUT2D eigenvalue weighted by molar-refractivity contribution is 0.0695. The molecule has 1 aromatic heterocycles. The Morgan fingerprint density at radius 3 is 2.77 bits per heavy atom. The molecule has 0 radical (unpaired) electrons. The number of hydrogen-bond acceptors (Lipinski definition) is 2. The van der Waals surface area contributed by atoms with Gasteiger partial charge in [0.05, 0.1) is 5.56 Å². The average molecular weight is 217 g/mol. The summed E-state index contributed by atoms with van der Waals surface area (Å²) in [6, 6.07) is 0. The Labute approximate surface area is 85.1 Å². The van der Waals surface area contributed by atoms with Crippen LogP contribution >= 0.6 is 22.9 Å². The molecule has 1 aliphatic rings. The van der Waals surface area contributed by atoms with Gasteiger partial charge in [-0.05, 0) is 29.7 Å². The third-order valence-corrected chi connectivity index (χ3v) is 3.77. The topological polar surface area (TPSA) is 37.3 Å². The lowest BCUT2D eigenvalue weighted by atomic mass is 9.80. The van der Waals surface area contributed by atoms with E-state index < -0.39 is 5.97 Å². The number of hydrogen-bond donors (Lipinski definition) is 1. The standard InChI is InChI=1S/C9H9ClO2S/c10-8-7(9(11)12)6(4-13-8)5-2-1-3-5/h4-5H,1-3H2,(H,11,12). The van der Waals surface area contributed by atoms with E-state index in [4.69, 9.17) is 16.7 Å². The number of halogens is 1. The van der Waals surface area contributed by atoms with Gasteiger partial charge < -0.3 is 5.11 Å². The third kappa shape index (κ3) is 1.46. The number of rotatable bonds is 2. The summed E-state index contributed by atoms with van der Waals surface area (Å²) in [6.07, 6.45) is 3.41. The summed E-state index contributed by atoms with van der Waals surface area (Å²) in [4.78, 5) is 10.9. The van der Waals surface area contributed by atoms with Crippen molar-refractivity contribution < 1.29 is 9.90 Å². The highest BCUT2D eigenvalue weighted by Crippen LogP contribution is 2.42. The predicted octanol–water partition coefficient (Wildman–Crippen LogP) is 3.37. The van der Waals surface area contributed by atoms with Gasteiger partial charge in [0, 0.05) is 0 Å². The molecule has 0 saturated heterocycles. The van der Waals surface area contributed by atoms with Crippen LogP contribution in [-0.2, 0) is 0 Å². The van der Waals surface area contributed by atoms with Crippen molar-refractivity contribution in [1.82, 2.24) is 0 Å². The first-order valence-corrected chi connectivity index (χ1v) is 5.46. The first-order valence-electron chi connectivity index (χ1n) is 4.20. The molecule has 70 valence electrons. The number of thiophene rings is 1. The lowest BCUT2D eigenvalue weighted by Crippen LogP contribution is -2.11. The molecule has 0 bridgehead atoms. The zero-order valence-electron chi connectivity index (χ0n) is 6.92. The highest BCUT2D eigenvalue weighted by molar-refractivity contribution is 7.15. The van der Waals surface area contributed by atoms with Crippen LogP contribution in [0.3, 0.4) is 0 Å². The van der Waals surface area contributed by atoms with Crippen molar-refractivity contribution in [3.8, 4) is 0 Å². The van der Waals surface area contributed by atoms with Gasteiger partial charge >= 0.3 is 5.97 Å². The molecular formula is C9H9ClO2S. The molecule has 2 nitrogen and oxygen atoms in total. The Hall–Kier alpha value is -0.540. The summed E-state index contributed by atoms with van der Waals surface area (Å²) in [7, 11) is 0. The van der Waals surface area contributed by atoms with E-state index in [0.29, 0.717) is 15.8 Å². The molecule has 1 aromatic rings. The summed E-state index contributed by atoms with van der Waals surface area (Å²) in [5.74, 6) is -0.456. The van der Waals surface area contributed by atoms with Gasteiger partial charge in [0.2, 0.25) is 0 Å². The second-order valence-electron chi connectivity index (χ2n) is 3.27. The fraction of sp³-hybridized carbons (Fsp3) is 0.444. The molecule has 0 amide bonds. The minimum absolute atomic E-state index is 0.330. The molecule has 2 rings (SSSR count). The fourth-order valence-electron chi connectivity index (χ4n) is 1.57. The van der Waals surface area contributed by atoms with E-state index in [1.807, 2.05) is 5.38 Å². The Balaban J connectivity index is 2.38. The molecule has 0 spiro atoms. The van der Waals surface area contributed by atoms with Gasteiger partial charge in [-0.15, -0.1) is 11.3 Å². The molecule has 0 unspecified atom stereocenters. The molecule has 1 heterocycles. The van der Waals surface area contributed by atoms with Gasteiger partial charge in [0.25, 0.3) is 0 Å². The molecule has 0 aliphatic heterocycles. The van der Waals surface area contributed by atoms with Crippen LogP contribution in [-0.4, -0.2) is 11.1 Å². The van der Waals surface area contributed by atoms with Crippen LogP contribution in [0.25, 0.3) is 0 Å². The van der Waals surface area contributed by atoms with Gasteiger partial charge in [0.15, 0.2) is 0 Å². The summed E-state index contributed by atoms with van der Waals surface area (Å²) < 4.78 is 0.411. The van der Waals surface area contributed by atoms with E-state index in [9.17, 15) is 4.79 Å². The van der Waals surface area contributed by atoms with Crippen LogP contribution in [0.2, 0.25) is 4.34 Å². The second kappa shape index (κ2) is 3.31. The Bertz CT molecular complexity index is 341. The molecule has 1 fully saturated rings. The number of carbonyl (C=O) groups is 1. The normalized spacial score (nSPS) is 17.0. The van der Waals surface area contributed by atoms with Gasteiger partial charge in [-0.1, -0.05) is 18.0 Å². The van der Waals surface area contributed by atoms with E-state index >= 15 is 0 Å². The van der Waals surface area contributed by atoms with E-state index in [2.05, 4.69) is 0 Å². The van der Waals surface area contributed by atoms with Crippen LogP contribution in [0.15, 0.2) is 5.38 Å². The van der Waals surface area contributed by atoms with Crippen LogP contribution < -0.4 is 0 Å². The molecule has 4 heteroatoms. The number of aromatic carboxylic acids is 1. The molecule has 13 heavy (non-hydrogen) atoms. The Kier molecular flexibility index (Phi) is 2.30. The molecule has 0 aromatic carbocycles. The summed E-state index contributed by atoms with van der Waals surface area (Å²) in [6.45, 7) is 0. The van der Waals surface area contributed by atoms with E-state index in [-0.39, 0.29) is 0 Å². The van der Waals surface area contributed by atoms with Gasteiger partial charge in [-0.3, -0.25) is 0 Å². The highest BCUT2D eigenvalue weighted by Gasteiger charge is 2.27. The summed E-state index contributed by atoms with van der Waals surface area (Å²) in [5.41, 5.74) is 1.27. The van der Waals surface area contributed by atoms with Crippen LogP contribution in [0.5, 0.6) is 0 Å². The first-order chi connectivity index (χ1) is 6.20. The van der Waals surface area contributed by atoms with E-state index in [1.165, 1.54) is 17.8 Å². The SMILES string of the molecule is O=C(O)c1c(C2CCC2)csc1Cl. The van der Waals surface area contributed by atoms with Gasteiger partial charge in [-0.25, -0.2) is 4.79 Å². The molecule has 1 saturated carbocycles. The van der Waals surface area contributed by atoms with Crippen LogP contribution in [0.4, 0.5) is 0 Å². The van der Waals surface area contributed by atoms with Gasteiger partial charge in [-0.2, -0.15) is 0 Å². The maximum absolute atomic E-state index is 10.9. The Morgan fingerprint density at radius 2 is 2.31 bits per heavy atom. The molecule has 1 aliphatic carbocycles. The smallest absolute Gasteiger partial charge is 0.338 e. The fourth-order valence-corrected chi connectivity index (χ4v) is 2.76. The van der Waals surface area contributed by atoms with Crippen molar-refractivity contribution in [3.63, 3.8) is 0 Å². The van der Waals surface area contributed by atoms with Gasteiger partial charge in [0.1, 0.15) is 4.34 Å². The zero-order valence-corrected chi connectivity index (χ0v) is 8.49.